The van der Waals surface area contributed by atoms with Crippen molar-refractivity contribution in [2.75, 3.05) is 5.32 Å². The monoisotopic (exact) mass is 324 g/mol. The van der Waals surface area contributed by atoms with Crippen LogP contribution in [0.4, 0.5) is 5.82 Å². The van der Waals surface area contributed by atoms with Crippen molar-refractivity contribution in [1.82, 2.24) is 15.1 Å². The van der Waals surface area contributed by atoms with Crippen LogP contribution in [0.3, 0.4) is 0 Å². The maximum atomic E-state index is 12.4. The normalized spacial score (nSPS) is 18.2. The lowest BCUT2D eigenvalue weighted by Gasteiger charge is -2.25. The van der Waals surface area contributed by atoms with E-state index in [1.165, 1.54) is 19.3 Å². The maximum absolute atomic E-state index is 12.4. The van der Waals surface area contributed by atoms with E-state index in [9.17, 15) is 9.59 Å². The van der Waals surface area contributed by atoms with Crippen LogP contribution in [0.5, 0.6) is 0 Å². The van der Waals surface area contributed by atoms with Gasteiger partial charge in [0.05, 0.1) is 17.8 Å². The summed E-state index contributed by atoms with van der Waals surface area (Å²) in [5.74, 6) is 0.0456. The molecule has 1 aliphatic carbocycles. The van der Waals surface area contributed by atoms with Crippen LogP contribution in [0.25, 0.3) is 5.69 Å². The SMILES string of the molecule is O=C1Cc2nn(-c3ccccc3)c(NC3CCCCC3)c2C(=O)N1. The molecule has 0 bridgehead atoms. The number of anilines is 1. The molecular formula is C18H20N4O2. The van der Waals surface area contributed by atoms with Crippen molar-refractivity contribution in [3.8, 4) is 5.69 Å². The molecule has 0 saturated heterocycles. The van der Waals surface area contributed by atoms with E-state index in [1.54, 1.807) is 4.68 Å². The Morgan fingerprint density at radius 2 is 1.83 bits per heavy atom. The average Bonchev–Trinajstić information content (AvgIpc) is 2.95. The van der Waals surface area contributed by atoms with E-state index in [0.29, 0.717) is 23.1 Å². The van der Waals surface area contributed by atoms with Gasteiger partial charge in [-0.25, -0.2) is 4.68 Å². The van der Waals surface area contributed by atoms with E-state index in [1.807, 2.05) is 30.3 Å². The number of benzene rings is 1. The molecule has 0 radical (unpaired) electrons. The van der Waals surface area contributed by atoms with Crippen molar-refractivity contribution in [3.63, 3.8) is 0 Å². The summed E-state index contributed by atoms with van der Waals surface area (Å²) in [7, 11) is 0. The highest BCUT2D eigenvalue weighted by atomic mass is 16.2. The molecule has 0 spiro atoms. The molecule has 2 heterocycles. The highest BCUT2D eigenvalue weighted by molar-refractivity contribution is 6.12. The van der Waals surface area contributed by atoms with Crippen molar-refractivity contribution in [2.24, 2.45) is 0 Å². The van der Waals surface area contributed by atoms with Crippen LogP contribution in [-0.4, -0.2) is 27.6 Å². The smallest absolute Gasteiger partial charge is 0.263 e. The van der Waals surface area contributed by atoms with Gasteiger partial charge < -0.3 is 5.32 Å². The van der Waals surface area contributed by atoms with Gasteiger partial charge in [0.2, 0.25) is 5.91 Å². The first-order chi connectivity index (χ1) is 11.7. The third-order valence-corrected chi connectivity index (χ3v) is 4.71. The van der Waals surface area contributed by atoms with Crippen LogP contribution >= 0.6 is 0 Å². The summed E-state index contributed by atoms with van der Waals surface area (Å²) < 4.78 is 1.76. The van der Waals surface area contributed by atoms with Crippen LogP contribution < -0.4 is 10.6 Å². The van der Waals surface area contributed by atoms with Gasteiger partial charge in [0.25, 0.3) is 5.91 Å². The molecule has 1 fully saturated rings. The molecular weight excluding hydrogens is 304 g/mol. The Kier molecular flexibility index (Phi) is 3.80. The molecule has 2 N–H and O–H groups in total. The number of hydrogen-bond acceptors (Lipinski definition) is 4. The third-order valence-electron chi connectivity index (χ3n) is 4.71. The molecule has 2 amide bonds. The number of nitrogens with one attached hydrogen (secondary N) is 2. The fourth-order valence-corrected chi connectivity index (χ4v) is 3.54. The number of nitrogens with zero attached hydrogens (tertiary/aromatic N) is 2. The second kappa shape index (κ2) is 6.11. The molecule has 0 unspecified atom stereocenters. The van der Waals surface area contributed by atoms with Gasteiger partial charge in [-0.2, -0.15) is 5.10 Å². The predicted octanol–water partition coefficient (Wildman–Crippen LogP) is 2.43. The Balaban J connectivity index is 1.79. The topological polar surface area (TPSA) is 76.0 Å². The minimum Gasteiger partial charge on any atom is -0.367 e. The van der Waals surface area contributed by atoms with Crippen molar-refractivity contribution in [2.45, 2.75) is 44.6 Å². The highest BCUT2D eigenvalue weighted by Crippen LogP contribution is 2.29. The van der Waals surface area contributed by atoms with Crippen molar-refractivity contribution < 1.29 is 9.59 Å². The number of amides is 2. The third kappa shape index (κ3) is 2.68. The molecule has 2 aromatic rings. The Morgan fingerprint density at radius 1 is 1.08 bits per heavy atom. The first kappa shape index (κ1) is 14.9. The summed E-state index contributed by atoms with van der Waals surface area (Å²) in [5.41, 5.74) is 1.93. The zero-order valence-electron chi connectivity index (χ0n) is 13.4. The lowest BCUT2D eigenvalue weighted by molar-refractivity contribution is -0.119. The Bertz CT molecular complexity index is 776. The van der Waals surface area contributed by atoms with Crippen molar-refractivity contribution in [3.05, 3.63) is 41.6 Å². The number of aromatic nitrogens is 2. The number of rotatable bonds is 3. The molecule has 1 aromatic heterocycles. The number of hydrogen-bond donors (Lipinski definition) is 2. The second-order valence-electron chi connectivity index (χ2n) is 6.45. The number of carbonyl (C=O) groups excluding carboxylic acids is 2. The summed E-state index contributed by atoms with van der Waals surface area (Å²) in [6.07, 6.45) is 5.99. The minimum absolute atomic E-state index is 0.139. The van der Waals surface area contributed by atoms with E-state index in [4.69, 9.17) is 0 Å². The average molecular weight is 324 g/mol. The Morgan fingerprint density at radius 3 is 2.58 bits per heavy atom. The highest BCUT2D eigenvalue weighted by Gasteiger charge is 2.32. The molecule has 1 saturated carbocycles. The minimum atomic E-state index is -0.359. The fraction of sp³-hybridized carbons (Fsp3) is 0.389. The van der Waals surface area contributed by atoms with Gasteiger partial charge in [-0.15, -0.1) is 0 Å². The standard InChI is InChI=1S/C18H20N4O2/c23-15-11-14-16(18(24)20-15)17(19-12-7-3-1-4-8-12)22(21-14)13-9-5-2-6-10-13/h2,5-6,9-10,12,19H,1,3-4,7-8,11H2,(H,20,23,24). The van der Waals surface area contributed by atoms with E-state index in [0.717, 1.165) is 18.5 Å². The number of para-hydroxylation sites is 1. The predicted molar refractivity (Wildman–Crippen MR) is 90.2 cm³/mol. The first-order valence-electron chi connectivity index (χ1n) is 8.50. The zero-order chi connectivity index (χ0) is 16.5. The van der Waals surface area contributed by atoms with E-state index in [-0.39, 0.29) is 18.2 Å². The number of imide groups is 1. The van der Waals surface area contributed by atoms with Crippen molar-refractivity contribution >= 4 is 17.6 Å². The van der Waals surface area contributed by atoms with E-state index >= 15 is 0 Å². The maximum Gasteiger partial charge on any atom is 0.263 e. The Hall–Kier alpha value is -2.63. The van der Waals surface area contributed by atoms with Gasteiger partial charge in [0.1, 0.15) is 11.4 Å². The van der Waals surface area contributed by atoms with Gasteiger partial charge in [0.15, 0.2) is 0 Å². The van der Waals surface area contributed by atoms with Crippen LogP contribution in [0.2, 0.25) is 0 Å². The molecule has 6 heteroatoms. The van der Waals surface area contributed by atoms with Crippen LogP contribution in [0.1, 0.15) is 48.2 Å². The molecule has 6 nitrogen and oxygen atoms in total. The van der Waals surface area contributed by atoms with Crippen LogP contribution in [0.15, 0.2) is 30.3 Å². The summed E-state index contributed by atoms with van der Waals surface area (Å²) >= 11 is 0. The number of fused-ring (bicyclic) bond motifs is 1. The van der Waals surface area contributed by atoms with Gasteiger partial charge in [0, 0.05) is 6.04 Å². The van der Waals surface area contributed by atoms with Gasteiger partial charge in [-0.1, -0.05) is 37.5 Å². The molecule has 1 aromatic carbocycles. The summed E-state index contributed by atoms with van der Waals surface area (Å²) in [5, 5.41) is 10.5. The van der Waals surface area contributed by atoms with Gasteiger partial charge >= 0.3 is 0 Å². The second-order valence-corrected chi connectivity index (χ2v) is 6.45. The summed E-state index contributed by atoms with van der Waals surface area (Å²) in [4.78, 5) is 24.1. The van der Waals surface area contributed by atoms with E-state index in [2.05, 4.69) is 15.7 Å². The molecule has 4 rings (SSSR count). The molecule has 124 valence electrons. The zero-order valence-corrected chi connectivity index (χ0v) is 13.4. The van der Waals surface area contributed by atoms with Crippen LogP contribution in [-0.2, 0) is 11.2 Å². The lowest BCUT2D eigenvalue weighted by atomic mass is 9.95. The number of carbonyl (C=O) groups is 2. The first-order valence-corrected chi connectivity index (χ1v) is 8.50. The summed E-state index contributed by atoms with van der Waals surface area (Å²) in [6.45, 7) is 0. The van der Waals surface area contributed by atoms with Gasteiger partial charge in [-0.05, 0) is 25.0 Å². The molecule has 24 heavy (non-hydrogen) atoms. The van der Waals surface area contributed by atoms with Crippen LogP contribution in [0, 0.1) is 0 Å². The molecule has 2 aliphatic rings. The van der Waals surface area contributed by atoms with Gasteiger partial charge in [-0.3, -0.25) is 14.9 Å². The van der Waals surface area contributed by atoms with Crippen molar-refractivity contribution in [1.29, 1.82) is 0 Å². The fourth-order valence-electron chi connectivity index (χ4n) is 3.54. The quantitative estimate of drug-likeness (QED) is 0.850. The molecule has 1 aliphatic heterocycles. The largest absolute Gasteiger partial charge is 0.367 e. The van der Waals surface area contributed by atoms with E-state index < -0.39 is 0 Å². The Labute approximate surface area is 140 Å². The lowest BCUT2D eigenvalue weighted by Crippen LogP contribution is -2.37. The molecule has 0 atom stereocenters. The summed E-state index contributed by atoms with van der Waals surface area (Å²) in [6, 6.07) is 10.1.